The summed E-state index contributed by atoms with van der Waals surface area (Å²) in [7, 11) is 0. The van der Waals surface area contributed by atoms with E-state index in [1.54, 1.807) is 6.08 Å². The van der Waals surface area contributed by atoms with Gasteiger partial charge in [0.1, 0.15) is 80.7 Å². The molecule has 0 amide bonds. The Balaban J connectivity index is 1.17. The van der Waals surface area contributed by atoms with Gasteiger partial charge in [-0.15, -0.1) is 0 Å². The predicted molar refractivity (Wildman–Crippen MR) is 198 cm³/mol. The van der Waals surface area contributed by atoms with E-state index >= 15 is 0 Å². The molecular formula is C39H61O22+. The van der Waals surface area contributed by atoms with E-state index in [1.165, 1.54) is 6.08 Å². The number of ether oxygens (including phenoxy) is 7. The molecule has 61 heavy (non-hydrogen) atoms. The lowest BCUT2D eigenvalue weighted by atomic mass is 9.72. The number of esters is 2. The minimum absolute atomic E-state index is 0.0135. The van der Waals surface area contributed by atoms with Gasteiger partial charge in [0.05, 0.1) is 36.4 Å². The average Bonchev–Trinajstić information content (AvgIpc) is 3.21. The van der Waals surface area contributed by atoms with Gasteiger partial charge in [0.25, 0.3) is 0 Å². The summed E-state index contributed by atoms with van der Waals surface area (Å²) in [6.07, 6.45) is -21.7. The summed E-state index contributed by atoms with van der Waals surface area (Å²) in [6.45, 7) is -1.25. The van der Waals surface area contributed by atoms with Crippen LogP contribution in [0.3, 0.4) is 0 Å². The molecule has 22 nitrogen and oxygen atoms in total. The van der Waals surface area contributed by atoms with Gasteiger partial charge in [-0.3, -0.25) is 9.59 Å². The van der Waals surface area contributed by atoms with E-state index in [9.17, 15) is 70.6 Å². The van der Waals surface area contributed by atoms with Crippen molar-refractivity contribution in [2.24, 2.45) is 17.8 Å². The Morgan fingerprint density at radius 3 is 1.74 bits per heavy atom. The summed E-state index contributed by atoms with van der Waals surface area (Å²) >= 11 is 0. The van der Waals surface area contributed by atoms with Crippen molar-refractivity contribution in [1.29, 1.82) is 0 Å². The van der Waals surface area contributed by atoms with Crippen molar-refractivity contribution in [2.75, 3.05) is 13.2 Å². The van der Waals surface area contributed by atoms with E-state index in [0.29, 0.717) is 25.7 Å². The third-order valence-electron chi connectivity index (χ3n) is 12.9. The van der Waals surface area contributed by atoms with Gasteiger partial charge < -0.3 is 94.4 Å². The molecule has 6 rings (SSSR count). The molecule has 0 bridgehead atoms. The fourth-order valence-corrected chi connectivity index (χ4v) is 9.44. The number of aliphatic carboxylic acids is 1. The van der Waals surface area contributed by atoms with Crippen molar-refractivity contribution < 1.29 is 109 Å². The Bertz CT molecular complexity index is 1480. The number of carbonyl (C=O) groups is 3. The van der Waals surface area contributed by atoms with Crippen molar-refractivity contribution in [2.45, 2.75) is 181 Å². The largest absolute Gasteiger partial charge is 0.481 e. The standard InChI is InChI=1S/C39H60O22/c40-17-4-1-15(2-5-17)3-6-28(46)55-13-25-31(49)34(52)36(54)39(61-25)59-24-11-19-22(57-37(24)16-7-20(42)30(48)21(43)8-16)9-18(41)10-23(19)58-38-35(53)33(51)32(50)26(60-38)14-56-29(47)12-27(44)45/h3,6,15-26,30-43,48-54H,1-2,4-5,7-14H2,(H,44,45)/p+1. The first kappa shape index (κ1) is 48.0. The monoisotopic (exact) mass is 881 g/mol. The highest BCUT2D eigenvalue weighted by molar-refractivity contribution is 5.90. The zero-order valence-electron chi connectivity index (χ0n) is 33.3. The Kier molecular flexibility index (Phi) is 16.5. The van der Waals surface area contributed by atoms with E-state index in [0.717, 1.165) is 0 Å². The van der Waals surface area contributed by atoms with Crippen LogP contribution in [0.4, 0.5) is 0 Å². The van der Waals surface area contributed by atoms with E-state index in [1.807, 2.05) is 0 Å². The first-order valence-corrected chi connectivity index (χ1v) is 20.9. The molecule has 348 valence electrons. The van der Waals surface area contributed by atoms with Crippen LogP contribution in [0.2, 0.25) is 0 Å². The third-order valence-corrected chi connectivity index (χ3v) is 12.9. The molecule has 13 N–H and O–H groups in total. The van der Waals surface area contributed by atoms with E-state index in [4.69, 9.17) is 38.3 Å². The van der Waals surface area contributed by atoms with Crippen LogP contribution in [0.5, 0.6) is 0 Å². The predicted octanol–water partition coefficient (Wildman–Crippen LogP) is -5.03. The van der Waals surface area contributed by atoms with Crippen LogP contribution < -0.4 is 0 Å². The molecule has 0 aromatic rings. The second kappa shape index (κ2) is 21.0. The Labute approximate surface area is 350 Å². The number of aliphatic hydroxyl groups is 13. The maximum absolute atomic E-state index is 12.6. The zero-order valence-corrected chi connectivity index (χ0v) is 33.3. The van der Waals surface area contributed by atoms with E-state index in [-0.39, 0.29) is 44.1 Å². The van der Waals surface area contributed by atoms with Crippen LogP contribution in [-0.4, -0.2) is 213 Å². The Morgan fingerprint density at radius 2 is 1.16 bits per heavy atom. The summed E-state index contributed by atoms with van der Waals surface area (Å²) in [4.78, 5) is 35.4. The van der Waals surface area contributed by atoms with Gasteiger partial charge >= 0.3 is 17.9 Å². The molecule has 0 radical (unpaired) electrons. The van der Waals surface area contributed by atoms with Crippen LogP contribution in [0.15, 0.2) is 12.2 Å². The minimum Gasteiger partial charge on any atom is -0.481 e. The molecule has 3 aliphatic carbocycles. The topological polar surface area (TPSA) is 362 Å². The van der Waals surface area contributed by atoms with Gasteiger partial charge in [-0.2, -0.15) is 0 Å². The molecule has 0 aromatic carbocycles. The molecule has 22 heteroatoms. The fourth-order valence-electron chi connectivity index (χ4n) is 9.44. The number of fused-ring (bicyclic) bond motifs is 1. The maximum Gasteiger partial charge on any atom is 0.330 e. The van der Waals surface area contributed by atoms with E-state index < -0.39 is 160 Å². The summed E-state index contributed by atoms with van der Waals surface area (Å²) in [5.74, 6) is -4.58. The normalized spacial score (nSPS) is 47.0. The lowest BCUT2D eigenvalue weighted by molar-refractivity contribution is -0.368. The van der Waals surface area contributed by atoms with Crippen molar-refractivity contribution >= 4 is 17.9 Å². The van der Waals surface area contributed by atoms with Gasteiger partial charge in [-0.1, -0.05) is 6.08 Å². The molecule has 6 fully saturated rings. The smallest absolute Gasteiger partial charge is 0.330 e. The molecule has 0 aromatic heterocycles. The average molecular weight is 882 g/mol. The molecule has 3 aliphatic heterocycles. The molecule has 6 aliphatic rings. The second-order valence-electron chi connectivity index (χ2n) is 17.3. The molecular weight excluding hydrogens is 820 g/mol. The Hall–Kier alpha value is -2.49. The van der Waals surface area contributed by atoms with Gasteiger partial charge in [0.15, 0.2) is 24.8 Å². The van der Waals surface area contributed by atoms with Crippen LogP contribution in [0.1, 0.15) is 64.2 Å². The molecule has 18 unspecified atom stereocenters. The second-order valence-corrected chi connectivity index (χ2v) is 17.3. The summed E-state index contributed by atoms with van der Waals surface area (Å²) in [6, 6.07) is 0. The number of carboxylic acids is 1. The SMILES string of the molecule is O=C(O)CC(=O)OCC1OC(OC2CC(O)CC3[OH+]C(C4CC(O)C(O)C(O)C4)C(OC4OC(COC(=O)C=CC5CCC(O)CC5)C(O)C(O)C4O)CC23)C(O)C(O)C1O. The van der Waals surface area contributed by atoms with Gasteiger partial charge in [-0.05, 0) is 50.9 Å². The van der Waals surface area contributed by atoms with Gasteiger partial charge in [0, 0.05) is 24.8 Å². The molecule has 3 saturated carbocycles. The summed E-state index contributed by atoms with van der Waals surface area (Å²) in [5, 5.41) is 126. The van der Waals surface area contributed by atoms with Crippen LogP contribution in [0.25, 0.3) is 0 Å². The summed E-state index contributed by atoms with van der Waals surface area (Å²) in [5.41, 5.74) is 0. The zero-order chi connectivity index (χ0) is 44.3. The number of carboxylic acid groups (broad SMARTS) is 1. The Morgan fingerprint density at radius 1 is 0.607 bits per heavy atom. The van der Waals surface area contributed by atoms with Gasteiger partial charge in [-0.25, -0.2) is 4.79 Å². The lowest BCUT2D eigenvalue weighted by Crippen LogP contribution is -2.64. The first-order chi connectivity index (χ1) is 28.9. The van der Waals surface area contributed by atoms with Crippen molar-refractivity contribution in [1.82, 2.24) is 0 Å². The highest BCUT2D eigenvalue weighted by atomic mass is 16.7. The van der Waals surface area contributed by atoms with Crippen molar-refractivity contribution in [3.8, 4) is 0 Å². The summed E-state index contributed by atoms with van der Waals surface area (Å²) < 4.78 is 39.3. The maximum atomic E-state index is 12.6. The van der Waals surface area contributed by atoms with Crippen molar-refractivity contribution in [3.05, 3.63) is 12.2 Å². The molecule has 3 heterocycles. The lowest BCUT2D eigenvalue weighted by Gasteiger charge is -2.50. The minimum atomic E-state index is -1.87. The number of hydrogen-bond donors (Lipinski definition) is 12. The quantitative estimate of drug-likeness (QED) is 0.0356. The third kappa shape index (κ3) is 11.8. The van der Waals surface area contributed by atoms with Crippen LogP contribution in [0, 0.1) is 17.8 Å². The van der Waals surface area contributed by atoms with Crippen LogP contribution in [-0.2, 0) is 42.8 Å². The molecule has 3 saturated heterocycles. The highest BCUT2D eigenvalue weighted by Crippen LogP contribution is 2.44. The fraction of sp³-hybridized carbons (Fsp3) is 0.872. The number of rotatable bonds is 13. The van der Waals surface area contributed by atoms with Crippen LogP contribution >= 0.6 is 0 Å². The number of carbonyl (C=O) groups excluding carboxylic acids is 2. The van der Waals surface area contributed by atoms with E-state index in [2.05, 4.69) is 0 Å². The molecule has 0 spiro atoms. The first-order valence-electron chi connectivity index (χ1n) is 20.9. The molecule has 18 atom stereocenters. The number of allylic oxidation sites excluding steroid dienone is 1. The number of hydrogen-bond acceptors (Lipinski definition) is 20. The number of aliphatic hydroxyl groups excluding tert-OH is 11. The van der Waals surface area contributed by atoms with Gasteiger partial charge in [0.2, 0.25) is 0 Å². The van der Waals surface area contributed by atoms with Crippen molar-refractivity contribution in [3.63, 3.8) is 0 Å². The highest BCUT2D eigenvalue weighted by Gasteiger charge is 2.57.